The van der Waals surface area contributed by atoms with E-state index in [1.807, 2.05) is 0 Å². The summed E-state index contributed by atoms with van der Waals surface area (Å²) in [5, 5.41) is 7.04. The number of amides is 1. The maximum atomic E-state index is 12.0. The first kappa shape index (κ1) is 10.7. The first-order valence-corrected chi connectivity index (χ1v) is 6.10. The fraction of sp³-hybridized carbons (Fsp3) is 0.727. The molecule has 2 fully saturated rings. The van der Waals surface area contributed by atoms with E-state index in [9.17, 15) is 4.79 Å². The Kier molecular flexibility index (Phi) is 2.58. The molecule has 0 aromatic carbocycles. The van der Waals surface area contributed by atoms with Crippen molar-refractivity contribution in [3.63, 3.8) is 0 Å². The van der Waals surface area contributed by atoms with Crippen molar-refractivity contribution in [3.05, 3.63) is 11.7 Å². The largest absolute Gasteiger partial charge is 0.337 e. The van der Waals surface area contributed by atoms with Gasteiger partial charge in [-0.2, -0.15) is 4.98 Å². The van der Waals surface area contributed by atoms with Crippen molar-refractivity contribution >= 4 is 5.91 Å². The maximum absolute atomic E-state index is 12.0. The summed E-state index contributed by atoms with van der Waals surface area (Å²) in [6, 6.07) is 0.490. The van der Waals surface area contributed by atoms with Crippen LogP contribution in [0.25, 0.3) is 0 Å². The van der Waals surface area contributed by atoms with Gasteiger partial charge in [-0.3, -0.25) is 4.79 Å². The third-order valence-corrected chi connectivity index (χ3v) is 3.41. The minimum atomic E-state index is -0.138. The summed E-state index contributed by atoms with van der Waals surface area (Å²) in [6.07, 6.45) is 4.26. The van der Waals surface area contributed by atoms with Gasteiger partial charge in [0.25, 0.3) is 11.7 Å². The van der Waals surface area contributed by atoms with Crippen molar-refractivity contribution in [1.29, 1.82) is 0 Å². The number of carbonyl (C=O) groups excluding carboxylic acids is 1. The monoisotopic (exact) mass is 236 g/mol. The Hall–Kier alpha value is -1.43. The van der Waals surface area contributed by atoms with Gasteiger partial charge in [0.15, 0.2) is 0 Å². The molecule has 17 heavy (non-hydrogen) atoms. The summed E-state index contributed by atoms with van der Waals surface area (Å²) in [6.45, 7) is 0.971. The van der Waals surface area contributed by atoms with Gasteiger partial charge in [-0.25, -0.2) is 0 Å². The molecule has 1 aromatic heterocycles. The molecular formula is C11H16N4O2. The van der Waals surface area contributed by atoms with Gasteiger partial charge in [0.2, 0.25) is 5.89 Å². The third-order valence-electron chi connectivity index (χ3n) is 3.41. The average Bonchev–Trinajstić information content (AvgIpc) is 2.85. The molecule has 1 aliphatic carbocycles. The summed E-state index contributed by atoms with van der Waals surface area (Å²) in [4.78, 5) is 17.9. The summed E-state index contributed by atoms with van der Waals surface area (Å²) in [7, 11) is 1.80. The predicted octanol–water partition coefficient (Wildman–Crippen LogP) is 0.728. The molecule has 0 spiro atoms. The molecule has 1 N–H and O–H groups in total. The molecule has 0 bridgehead atoms. The van der Waals surface area contributed by atoms with Crippen LogP contribution in [0.5, 0.6) is 0 Å². The van der Waals surface area contributed by atoms with Crippen molar-refractivity contribution in [3.8, 4) is 0 Å². The second-order valence-corrected chi connectivity index (χ2v) is 4.75. The van der Waals surface area contributed by atoms with E-state index in [0.717, 1.165) is 32.2 Å². The summed E-state index contributed by atoms with van der Waals surface area (Å²) < 4.78 is 5.15. The number of nitrogens with zero attached hydrogens (tertiary/aromatic N) is 3. The topological polar surface area (TPSA) is 71.3 Å². The van der Waals surface area contributed by atoms with Crippen molar-refractivity contribution in [2.24, 2.45) is 0 Å². The summed E-state index contributed by atoms with van der Waals surface area (Å²) in [5.41, 5.74) is 0. The zero-order valence-electron chi connectivity index (χ0n) is 9.85. The zero-order valence-corrected chi connectivity index (χ0v) is 9.85. The molecule has 92 valence electrons. The van der Waals surface area contributed by atoms with E-state index in [0.29, 0.717) is 11.9 Å². The van der Waals surface area contributed by atoms with Gasteiger partial charge in [0.05, 0.1) is 6.04 Å². The van der Waals surface area contributed by atoms with Gasteiger partial charge >= 0.3 is 0 Å². The second-order valence-electron chi connectivity index (χ2n) is 4.75. The van der Waals surface area contributed by atoms with Crippen LogP contribution in [-0.2, 0) is 0 Å². The van der Waals surface area contributed by atoms with Crippen molar-refractivity contribution < 1.29 is 9.32 Å². The Morgan fingerprint density at radius 2 is 2.29 bits per heavy atom. The SMILES string of the molecule is CN(C(=O)c1noc(C2CCCN2)n1)C1CC1. The van der Waals surface area contributed by atoms with Crippen LogP contribution in [0.3, 0.4) is 0 Å². The van der Waals surface area contributed by atoms with Crippen molar-refractivity contribution in [2.45, 2.75) is 37.8 Å². The zero-order chi connectivity index (χ0) is 11.8. The fourth-order valence-electron chi connectivity index (χ4n) is 2.14. The van der Waals surface area contributed by atoms with Crippen molar-refractivity contribution in [1.82, 2.24) is 20.4 Å². The summed E-state index contributed by atoms with van der Waals surface area (Å²) >= 11 is 0. The molecule has 1 atom stereocenters. The maximum Gasteiger partial charge on any atom is 0.295 e. The average molecular weight is 236 g/mol. The number of hydrogen-bond acceptors (Lipinski definition) is 5. The van der Waals surface area contributed by atoms with E-state index in [4.69, 9.17) is 4.52 Å². The standard InChI is InChI=1S/C11H16N4O2/c1-15(7-4-5-7)11(16)9-13-10(17-14-9)8-3-2-6-12-8/h7-8,12H,2-6H2,1H3. The minimum Gasteiger partial charge on any atom is -0.337 e. The number of hydrogen-bond donors (Lipinski definition) is 1. The highest BCUT2D eigenvalue weighted by atomic mass is 16.5. The minimum absolute atomic E-state index is 0.121. The molecule has 1 unspecified atom stereocenters. The lowest BCUT2D eigenvalue weighted by molar-refractivity contribution is 0.0769. The van der Waals surface area contributed by atoms with Crippen LogP contribution in [-0.4, -0.2) is 40.6 Å². The lowest BCUT2D eigenvalue weighted by atomic mass is 10.2. The third kappa shape index (κ3) is 2.04. The van der Waals surface area contributed by atoms with E-state index < -0.39 is 0 Å². The van der Waals surface area contributed by atoms with Gasteiger partial charge in [0, 0.05) is 13.1 Å². The Bertz CT molecular complexity index is 421. The Morgan fingerprint density at radius 3 is 2.94 bits per heavy atom. The van der Waals surface area contributed by atoms with Gasteiger partial charge in [0.1, 0.15) is 0 Å². The first-order chi connectivity index (χ1) is 8.25. The number of aromatic nitrogens is 2. The Labute approximate surface area is 99.4 Å². The van der Waals surface area contributed by atoms with Crippen LogP contribution in [0.15, 0.2) is 4.52 Å². The second kappa shape index (κ2) is 4.10. The van der Waals surface area contributed by atoms with Crippen LogP contribution < -0.4 is 5.32 Å². The molecule has 2 aliphatic rings. The predicted molar refractivity (Wildman–Crippen MR) is 59.4 cm³/mol. The Balaban J connectivity index is 1.72. The van der Waals surface area contributed by atoms with E-state index in [1.54, 1.807) is 11.9 Å². The lowest BCUT2D eigenvalue weighted by Gasteiger charge is -2.12. The highest BCUT2D eigenvalue weighted by Gasteiger charge is 2.33. The van der Waals surface area contributed by atoms with E-state index in [-0.39, 0.29) is 17.8 Å². The van der Waals surface area contributed by atoms with Gasteiger partial charge in [-0.1, -0.05) is 5.16 Å². The van der Waals surface area contributed by atoms with Gasteiger partial charge < -0.3 is 14.7 Å². The molecule has 2 heterocycles. The van der Waals surface area contributed by atoms with Crippen LogP contribution in [0.4, 0.5) is 0 Å². The van der Waals surface area contributed by atoms with Crippen molar-refractivity contribution in [2.75, 3.05) is 13.6 Å². The van der Waals surface area contributed by atoms with Gasteiger partial charge in [-0.05, 0) is 32.2 Å². The molecule has 1 aliphatic heterocycles. The smallest absolute Gasteiger partial charge is 0.295 e. The number of rotatable bonds is 3. The van der Waals surface area contributed by atoms with Crippen LogP contribution >= 0.6 is 0 Å². The fourth-order valence-corrected chi connectivity index (χ4v) is 2.14. The molecule has 1 amide bonds. The number of carbonyl (C=O) groups is 1. The normalized spacial score (nSPS) is 23.9. The molecule has 1 saturated heterocycles. The molecule has 1 aromatic rings. The molecule has 6 heteroatoms. The lowest BCUT2D eigenvalue weighted by Crippen LogP contribution is -2.29. The first-order valence-electron chi connectivity index (χ1n) is 6.10. The van der Waals surface area contributed by atoms with E-state index in [1.165, 1.54) is 0 Å². The number of nitrogens with one attached hydrogen (secondary N) is 1. The molecular weight excluding hydrogens is 220 g/mol. The van der Waals surface area contributed by atoms with Crippen LogP contribution in [0, 0.1) is 0 Å². The van der Waals surface area contributed by atoms with Gasteiger partial charge in [-0.15, -0.1) is 0 Å². The molecule has 3 rings (SSSR count). The van der Waals surface area contributed by atoms with Crippen LogP contribution in [0.1, 0.15) is 48.2 Å². The highest BCUT2D eigenvalue weighted by molar-refractivity contribution is 5.90. The van der Waals surface area contributed by atoms with E-state index >= 15 is 0 Å². The molecule has 1 saturated carbocycles. The molecule has 0 radical (unpaired) electrons. The van der Waals surface area contributed by atoms with E-state index in [2.05, 4.69) is 15.5 Å². The highest BCUT2D eigenvalue weighted by Crippen LogP contribution is 2.27. The summed E-state index contributed by atoms with van der Waals surface area (Å²) in [5.74, 6) is 0.582. The quantitative estimate of drug-likeness (QED) is 0.837. The Morgan fingerprint density at radius 1 is 1.47 bits per heavy atom. The molecule has 6 nitrogen and oxygen atoms in total. The van der Waals surface area contributed by atoms with Crippen LogP contribution in [0.2, 0.25) is 0 Å².